The summed E-state index contributed by atoms with van der Waals surface area (Å²) in [6.07, 6.45) is 4.30. The number of methoxy groups -OCH3 is 1. The molecule has 31 heavy (non-hydrogen) atoms. The molecule has 0 N–H and O–H groups in total. The van der Waals surface area contributed by atoms with Crippen molar-refractivity contribution in [3.05, 3.63) is 42.6 Å². The fraction of sp³-hybridized carbons (Fsp3) is 0.455. The average Bonchev–Trinajstić information content (AvgIpc) is 3.33. The van der Waals surface area contributed by atoms with Crippen molar-refractivity contribution in [2.24, 2.45) is 0 Å². The van der Waals surface area contributed by atoms with Crippen molar-refractivity contribution in [2.45, 2.75) is 19.1 Å². The van der Waals surface area contributed by atoms with Gasteiger partial charge in [0.1, 0.15) is 24.9 Å². The zero-order chi connectivity index (χ0) is 21.0. The summed E-state index contributed by atoms with van der Waals surface area (Å²) in [6.45, 7) is 5.34. The third-order valence-electron chi connectivity index (χ3n) is 5.68. The number of fused-ring (bicyclic) bond motifs is 1. The van der Waals surface area contributed by atoms with Crippen molar-refractivity contribution in [1.82, 2.24) is 19.9 Å². The molecule has 162 valence electrons. The SMILES string of the molecule is COCc1nccc(N2CCN(c3ccc4ncnc(OC5CCOC5)c4c3)CC2)n1. The van der Waals surface area contributed by atoms with E-state index in [0.29, 0.717) is 24.9 Å². The minimum Gasteiger partial charge on any atom is -0.471 e. The Balaban J connectivity index is 1.31. The maximum Gasteiger partial charge on any atom is 0.224 e. The van der Waals surface area contributed by atoms with Crippen molar-refractivity contribution < 1.29 is 14.2 Å². The van der Waals surface area contributed by atoms with E-state index in [1.807, 2.05) is 12.1 Å². The van der Waals surface area contributed by atoms with E-state index in [2.05, 4.69) is 41.9 Å². The lowest BCUT2D eigenvalue weighted by atomic mass is 10.2. The first kappa shape index (κ1) is 19.9. The van der Waals surface area contributed by atoms with E-state index in [1.165, 1.54) is 0 Å². The van der Waals surface area contributed by atoms with E-state index >= 15 is 0 Å². The summed E-state index contributed by atoms with van der Waals surface area (Å²) in [5.74, 6) is 2.29. The Bertz CT molecular complexity index is 1030. The highest BCUT2D eigenvalue weighted by Crippen LogP contribution is 2.29. The Kier molecular flexibility index (Phi) is 5.77. The molecule has 0 amide bonds. The van der Waals surface area contributed by atoms with E-state index in [4.69, 9.17) is 14.2 Å². The molecule has 0 aliphatic carbocycles. The van der Waals surface area contributed by atoms with Gasteiger partial charge in [0.25, 0.3) is 0 Å². The van der Waals surface area contributed by atoms with Crippen LogP contribution in [-0.4, -0.2) is 72.5 Å². The lowest BCUT2D eigenvalue weighted by molar-refractivity contribution is 0.139. The Hall–Kier alpha value is -3.04. The van der Waals surface area contributed by atoms with Gasteiger partial charge >= 0.3 is 0 Å². The molecular weight excluding hydrogens is 396 g/mol. The smallest absolute Gasteiger partial charge is 0.224 e. The fourth-order valence-corrected chi connectivity index (χ4v) is 4.03. The number of aromatic nitrogens is 4. The molecular formula is C22H26N6O3. The third kappa shape index (κ3) is 4.38. The summed E-state index contributed by atoms with van der Waals surface area (Å²) in [6, 6.07) is 8.25. The van der Waals surface area contributed by atoms with Gasteiger partial charge in [-0.05, 0) is 24.3 Å². The highest BCUT2D eigenvalue weighted by Gasteiger charge is 2.22. The van der Waals surface area contributed by atoms with E-state index in [-0.39, 0.29) is 6.10 Å². The Labute approximate surface area is 181 Å². The number of piperazine rings is 1. The molecule has 0 spiro atoms. The molecule has 2 fully saturated rings. The van der Waals surface area contributed by atoms with Gasteiger partial charge in [-0.2, -0.15) is 0 Å². The second kappa shape index (κ2) is 8.99. The molecule has 3 aromatic rings. The van der Waals surface area contributed by atoms with Crippen LogP contribution in [0.2, 0.25) is 0 Å². The molecule has 9 nitrogen and oxygen atoms in total. The summed E-state index contributed by atoms with van der Waals surface area (Å²) in [5, 5.41) is 0.939. The Morgan fingerprint density at radius 2 is 1.94 bits per heavy atom. The van der Waals surface area contributed by atoms with Crippen LogP contribution in [0.3, 0.4) is 0 Å². The van der Waals surface area contributed by atoms with Crippen LogP contribution in [0, 0.1) is 0 Å². The lowest BCUT2D eigenvalue weighted by Crippen LogP contribution is -2.46. The summed E-state index contributed by atoms with van der Waals surface area (Å²) in [5.41, 5.74) is 2.04. The Morgan fingerprint density at radius 3 is 2.74 bits per heavy atom. The standard InChI is InChI=1S/C22H26N6O3/c1-29-14-20-23-6-4-21(26-20)28-9-7-27(8-10-28)16-2-3-19-18(12-16)22(25-15-24-19)31-17-5-11-30-13-17/h2-4,6,12,15,17H,5,7-11,13-14H2,1H3. The summed E-state index contributed by atoms with van der Waals surface area (Å²) < 4.78 is 16.7. The van der Waals surface area contributed by atoms with Gasteiger partial charge in [0.05, 0.1) is 24.1 Å². The summed E-state index contributed by atoms with van der Waals surface area (Å²) >= 11 is 0. The number of ether oxygens (including phenoxy) is 3. The van der Waals surface area contributed by atoms with E-state index in [1.54, 1.807) is 19.6 Å². The first-order valence-electron chi connectivity index (χ1n) is 10.6. The minimum absolute atomic E-state index is 0.0566. The second-order valence-electron chi connectivity index (χ2n) is 7.72. The first-order valence-corrected chi connectivity index (χ1v) is 10.6. The third-order valence-corrected chi connectivity index (χ3v) is 5.68. The van der Waals surface area contributed by atoms with Gasteiger partial charge < -0.3 is 24.0 Å². The zero-order valence-electron chi connectivity index (χ0n) is 17.6. The molecule has 1 aromatic carbocycles. The highest BCUT2D eigenvalue weighted by molar-refractivity contribution is 5.86. The van der Waals surface area contributed by atoms with Crippen LogP contribution in [0.1, 0.15) is 12.2 Å². The van der Waals surface area contributed by atoms with Gasteiger partial charge in [-0.3, -0.25) is 0 Å². The number of hydrogen-bond acceptors (Lipinski definition) is 9. The van der Waals surface area contributed by atoms with Crippen molar-refractivity contribution in [1.29, 1.82) is 0 Å². The predicted molar refractivity (Wildman–Crippen MR) is 117 cm³/mol. The van der Waals surface area contributed by atoms with E-state index < -0.39 is 0 Å². The van der Waals surface area contributed by atoms with Crippen LogP contribution in [0.5, 0.6) is 5.88 Å². The average molecular weight is 422 g/mol. The quantitative estimate of drug-likeness (QED) is 0.592. The molecule has 2 aromatic heterocycles. The van der Waals surface area contributed by atoms with Gasteiger partial charge in [0.2, 0.25) is 5.88 Å². The number of hydrogen-bond donors (Lipinski definition) is 0. The van der Waals surface area contributed by atoms with Crippen LogP contribution in [-0.2, 0) is 16.1 Å². The lowest BCUT2D eigenvalue weighted by Gasteiger charge is -2.36. The molecule has 2 aliphatic heterocycles. The van der Waals surface area contributed by atoms with Crippen LogP contribution < -0.4 is 14.5 Å². The normalized spacial score (nSPS) is 19.2. The second-order valence-corrected chi connectivity index (χ2v) is 7.72. The van der Waals surface area contributed by atoms with Crippen LogP contribution in [0.15, 0.2) is 36.8 Å². The molecule has 0 radical (unpaired) electrons. The number of anilines is 2. The monoisotopic (exact) mass is 422 g/mol. The molecule has 0 bridgehead atoms. The molecule has 2 aliphatic rings. The van der Waals surface area contributed by atoms with Gasteiger partial charge in [-0.25, -0.2) is 19.9 Å². The van der Waals surface area contributed by atoms with Gasteiger partial charge in [0.15, 0.2) is 5.82 Å². The molecule has 5 rings (SSSR count). The maximum atomic E-state index is 6.11. The molecule has 9 heteroatoms. The maximum absolute atomic E-state index is 6.11. The van der Waals surface area contributed by atoms with Crippen molar-refractivity contribution in [3.8, 4) is 5.88 Å². The summed E-state index contributed by atoms with van der Waals surface area (Å²) in [7, 11) is 1.65. The molecule has 0 saturated carbocycles. The molecule has 4 heterocycles. The number of rotatable bonds is 6. The topological polar surface area (TPSA) is 85.7 Å². The number of benzene rings is 1. The molecule has 2 saturated heterocycles. The van der Waals surface area contributed by atoms with Gasteiger partial charge in [-0.1, -0.05) is 0 Å². The van der Waals surface area contributed by atoms with Crippen molar-refractivity contribution >= 4 is 22.4 Å². The van der Waals surface area contributed by atoms with Crippen molar-refractivity contribution in [3.63, 3.8) is 0 Å². The highest BCUT2D eigenvalue weighted by atomic mass is 16.5. The molecule has 1 atom stereocenters. The fourth-order valence-electron chi connectivity index (χ4n) is 4.03. The number of nitrogens with zero attached hydrogens (tertiary/aromatic N) is 6. The minimum atomic E-state index is 0.0566. The molecule has 1 unspecified atom stereocenters. The predicted octanol–water partition coefficient (Wildman–Crippen LogP) is 2.06. The van der Waals surface area contributed by atoms with Gasteiger partial charge in [0, 0.05) is 51.6 Å². The zero-order valence-corrected chi connectivity index (χ0v) is 17.6. The van der Waals surface area contributed by atoms with Crippen LogP contribution >= 0.6 is 0 Å². The van der Waals surface area contributed by atoms with Gasteiger partial charge in [-0.15, -0.1) is 0 Å². The Morgan fingerprint density at radius 1 is 1.06 bits per heavy atom. The summed E-state index contributed by atoms with van der Waals surface area (Å²) in [4.78, 5) is 22.3. The van der Waals surface area contributed by atoms with Crippen LogP contribution in [0.4, 0.5) is 11.5 Å². The van der Waals surface area contributed by atoms with E-state index in [0.717, 1.165) is 61.6 Å². The van der Waals surface area contributed by atoms with Crippen LogP contribution in [0.25, 0.3) is 10.9 Å². The van der Waals surface area contributed by atoms with Crippen molar-refractivity contribution in [2.75, 3.05) is 56.3 Å². The van der Waals surface area contributed by atoms with E-state index in [9.17, 15) is 0 Å². The largest absolute Gasteiger partial charge is 0.471 e. The first-order chi connectivity index (χ1) is 15.3.